The summed E-state index contributed by atoms with van der Waals surface area (Å²) in [6.07, 6.45) is 35.9. The molecule has 2 atom stereocenters. The number of phosphoric acid groups is 1. The Morgan fingerprint density at radius 3 is 1.70 bits per heavy atom. The molecule has 0 rings (SSSR count). The highest BCUT2D eigenvalue weighted by molar-refractivity contribution is 7.47. The molecule has 2 unspecified atom stereocenters. The van der Waals surface area contributed by atoms with Crippen molar-refractivity contribution in [1.82, 2.24) is 0 Å². The summed E-state index contributed by atoms with van der Waals surface area (Å²) in [5.74, 6) is -0.847. The summed E-state index contributed by atoms with van der Waals surface area (Å²) < 4.78 is 34.1. The van der Waals surface area contributed by atoms with Crippen LogP contribution in [-0.2, 0) is 32.7 Å². The van der Waals surface area contributed by atoms with Crippen LogP contribution in [-0.4, -0.2) is 74.9 Å². The molecule has 0 aliphatic carbocycles. The average molecular weight is 727 g/mol. The van der Waals surface area contributed by atoms with Gasteiger partial charge in [-0.3, -0.25) is 18.6 Å². The first-order valence-corrected chi connectivity index (χ1v) is 20.9. The number of unbranched alkanes of at least 4 members (excludes halogenated alkanes) is 15. The summed E-state index contributed by atoms with van der Waals surface area (Å²) in [6.45, 7) is 4.21. The number of carbonyl (C=O) groups is 2. The zero-order valence-electron chi connectivity index (χ0n) is 32.4. The van der Waals surface area contributed by atoms with Crippen LogP contribution in [0.5, 0.6) is 0 Å². The highest BCUT2D eigenvalue weighted by Crippen LogP contribution is 2.43. The third kappa shape index (κ3) is 35.8. The molecule has 0 aromatic heterocycles. The number of esters is 2. The quantitative estimate of drug-likeness (QED) is 0.0230. The number of rotatable bonds is 34. The molecule has 0 radical (unpaired) electrons. The molecule has 0 aromatic carbocycles. The lowest BCUT2D eigenvalue weighted by Crippen LogP contribution is -2.37. The van der Waals surface area contributed by atoms with E-state index in [2.05, 4.69) is 26.0 Å². The highest BCUT2D eigenvalue weighted by Gasteiger charge is 2.27. The standard InChI is InChI=1S/C40H72NO8P/c1-6-8-10-12-14-16-18-20-22-24-26-28-30-32-39(42)46-36-38(37-48-50(44,45)47-35-34-41(3,4)5)49-40(43)33-31-29-27-25-23-21-19-17-15-13-11-9-7-2/h9,11,13,15,17,19,21,23,38H,6-8,10,12,14,16,18,20,22,24-37H2,1-5H3/p+1/b11-9+,15-13+,19-17+,23-21+. The molecule has 1 N–H and O–H groups in total. The van der Waals surface area contributed by atoms with Crippen LogP contribution in [0.4, 0.5) is 0 Å². The fraction of sp³-hybridized carbons (Fsp3) is 0.750. The first kappa shape index (κ1) is 48.0. The number of allylic oxidation sites excluding steroid dienone is 8. The summed E-state index contributed by atoms with van der Waals surface area (Å²) in [4.78, 5) is 35.2. The zero-order valence-corrected chi connectivity index (χ0v) is 33.3. The van der Waals surface area contributed by atoms with E-state index in [0.717, 1.165) is 44.9 Å². The maximum atomic E-state index is 12.6. The van der Waals surface area contributed by atoms with E-state index in [1.54, 1.807) is 0 Å². The Hall–Kier alpha value is -2.03. The maximum absolute atomic E-state index is 12.6. The first-order chi connectivity index (χ1) is 24.0. The number of likely N-dealkylation sites (N-methyl/N-ethyl adjacent to an activating group) is 1. The van der Waals surface area contributed by atoms with Gasteiger partial charge >= 0.3 is 19.8 Å². The Labute approximate surface area is 305 Å². The molecule has 0 amide bonds. The van der Waals surface area contributed by atoms with Crippen LogP contribution in [0.3, 0.4) is 0 Å². The van der Waals surface area contributed by atoms with Gasteiger partial charge in [0, 0.05) is 12.8 Å². The number of quaternary nitrogens is 1. The molecular formula is C40H73NO8P+. The van der Waals surface area contributed by atoms with Crippen LogP contribution in [0.2, 0.25) is 0 Å². The molecule has 0 saturated heterocycles. The molecule has 0 fully saturated rings. The Balaban J connectivity index is 4.50. The van der Waals surface area contributed by atoms with Crippen LogP contribution >= 0.6 is 7.82 Å². The summed E-state index contributed by atoms with van der Waals surface area (Å²) in [5, 5.41) is 0. The molecule has 10 heteroatoms. The van der Waals surface area contributed by atoms with Crippen molar-refractivity contribution in [1.29, 1.82) is 0 Å². The minimum Gasteiger partial charge on any atom is -0.462 e. The fourth-order valence-corrected chi connectivity index (χ4v) is 5.65. The van der Waals surface area contributed by atoms with Crippen molar-refractivity contribution in [2.24, 2.45) is 0 Å². The van der Waals surface area contributed by atoms with Crippen LogP contribution in [0.1, 0.15) is 142 Å². The van der Waals surface area contributed by atoms with Crippen LogP contribution in [0.25, 0.3) is 0 Å². The van der Waals surface area contributed by atoms with E-state index in [-0.39, 0.29) is 32.0 Å². The Morgan fingerprint density at radius 1 is 0.640 bits per heavy atom. The fourth-order valence-electron chi connectivity index (χ4n) is 4.91. The Kier molecular flexibility index (Phi) is 31.5. The minimum atomic E-state index is -4.38. The second kappa shape index (κ2) is 32.8. The van der Waals surface area contributed by atoms with Crippen molar-refractivity contribution in [2.75, 3.05) is 47.5 Å². The molecule has 0 heterocycles. The second-order valence-corrected chi connectivity index (χ2v) is 15.5. The molecule has 50 heavy (non-hydrogen) atoms. The first-order valence-electron chi connectivity index (χ1n) is 19.4. The summed E-state index contributed by atoms with van der Waals surface area (Å²) in [5.41, 5.74) is 0. The van der Waals surface area contributed by atoms with Gasteiger partial charge in [-0.15, -0.1) is 0 Å². The van der Waals surface area contributed by atoms with Crippen LogP contribution in [0.15, 0.2) is 48.6 Å². The monoisotopic (exact) mass is 727 g/mol. The van der Waals surface area contributed by atoms with Gasteiger partial charge in [0.15, 0.2) is 6.10 Å². The number of phosphoric ester groups is 1. The van der Waals surface area contributed by atoms with E-state index >= 15 is 0 Å². The SMILES string of the molecule is CC/C=C/C=C/C=C/C=C/CCCCCC(=O)OC(COC(=O)CCCCCCCCCCCCCCC)COP(=O)(O)OCC[N+](C)(C)C. The molecule has 0 bridgehead atoms. The zero-order chi connectivity index (χ0) is 37.2. The predicted molar refractivity (Wildman–Crippen MR) is 206 cm³/mol. The molecule has 0 aromatic rings. The number of ether oxygens (including phenoxy) is 2. The smallest absolute Gasteiger partial charge is 0.462 e. The van der Waals surface area contributed by atoms with Gasteiger partial charge in [-0.25, -0.2) is 4.57 Å². The number of hydrogen-bond donors (Lipinski definition) is 1. The second-order valence-electron chi connectivity index (χ2n) is 14.0. The van der Waals surface area contributed by atoms with Gasteiger partial charge in [-0.1, -0.05) is 146 Å². The Morgan fingerprint density at radius 2 is 1.14 bits per heavy atom. The minimum absolute atomic E-state index is 0.0228. The highest BCUT2D eigenvalue weighted by atomic mass is 31.2. The number of hydrogen-bond acceptors (Lipinski definition) is 7. The number of carbonyl (C=O) groups excluding carboxylic acids is 2. The lowest BCUT2D eigenvalue weighted by atomic mass is 10.0. The summed E-state index contributed by atoms with van der Waals surface area (Å²) in [7, 11) is 1.44. The topological polar surface area (TPSA) is 108 Å². The van der Waals surface area contributed by atoms with Crippen molar-refractivity contribution < 1.29 is 42.1 Å². The largest absolute Gasteiger partial charge is 0.472 e. The van der Waals surface area contributed by atoms with Gasteiger partial charge < -0.3 is 18.9 Å². The third-order valence-electron chi connectivity index (χ3n) is 7.97. The van der Waals surface area contributed by atoms with Gasteiger partial charge in [0.2, 0.25) is 0 Å². The lowest BCUT2D eigenvalue weighted by Gasteiger charge is -2.24. The van der Waals surface area contributed by atoms with E-state index in [0.29, 0.717) is 17.4 Å². The van der Waals surface area contributed by atoms with Gasteiger partial charge in [0.25, 0.3) is 0 Å². The molecule has 0 aliphatic heterocycles. The van der Waals surface area contributed by atoms with E-state index < -0.39 is 26.5 Å². The van der Waals surface area contributed by atoms with Gasteiger partial charge in [-0.05, 0) is 32.1 Å². The van der Waals surface area contributed by atoms with Gasteiger partial charge in [0.1, 0.15) is 19.8 Å². The van der Waals surface area contributed by atoms with Crippen molar-refractivity contribution in [3.63, 3.8) is 0 Å². The molecule has 0 saturated carbocycles. The van der Waals surface area contributed by atoms with Crippen molar-refractivity contribution >= 4 is 19.8 Å². The van der Waals surface area contributed by atoms with Gasteiger partial charge in [-0.2, -0.15) is 0 Å². The maximum Gasteiger partial charge on any atom is 0.472 e. The molecule has 9 nitrogen and oxygen atoms in total. The van der Waals surface area contributed by atoms with Crippen LogP contribution < -0.4 is 0 Å². The Bertz CT molecular complexity index is 1000. The lowest BCUT2D eigenvalue weighted by molar-refractivity contribution is -0.870. The van der Waals surface area contributed by atoms with E-state index in [1.165, 1.54) is 64.2 Å². The summed E-state index contributed by atoms with van der Waals surface area (Å²) in [6, 6.07) is 0. The summed E-state index contributed by atoms with van der Waals surface area (Å²) >= 11 is 0. The molecule has 0 aliphatic rings. The predicted octanol–water partition coefficient (Wildman–Crippen LogP) is 10.3. The normalized spacial score (nSPS) is 14.3. The van der Waals surface area contributed by atoms with Gasteiger partial charge in [0.05, 0.1) is 27.7 Å². The van der Waals surface area contributed by atoms with Crippen molar-refractivity contribution in [3.05, 3.63) is 48.6 Å². The van der Waals surface area contributed by atoms with E-state index in [4.69, 9.17) is 18.5 Å². The van der Waals surface area contributed by atoms with Crippen LogP contribution in [0, 0.1) is 0 Å². The average Bonchev–Trinajstić information content (AvgIpc) is 3.06. The van der Waals surface area contributed by atoms with E-state index in [9.17, 15) is 19.0 Å². The van der Waals surface area contributed by atoms with E-state index in [1.807, 2.05) is 57.6 Å². The number of nitrogens with zero attached hydrogens (tertiary/aromatic N) is 1. The molecule has 0 spiro atoms. The third-order valence-corrected chi connectivity index (χ3v) is 8.95. The molecule has 290 valence electrons. The van der Waals surface area contributed by atoms with Crippen molar-refractivity contribution in [2.45, 2.75) is 148 Å². The van der Waals surface area contributed by atoms with Crippen molar-refractivity contribution in [3.8, 4) is 0 Å². The molecular weight excluding hydrogens is 653 g/mol.